The van der Waals surface area contributed by atoms with E-state index in [2.05, 4.69) is 12.7 Å². The van der Waals surface area contributed by atoms with Crippen molar-refractivity contribution in [1.29, 1.82) is 0 Å². The van der Waals surface area contributed by atoms with Crippen LogP contribution in [-0.4, -0.2) is 6.61 Å². The van der Waals surface area contributed by atoms with Crippen LogP contribution in [0, 0.1) is 48.0 Å². The van der Waals surface area contributed by atoms with Gasteiger partial charge in [0.2, 0.25) is 5.82 Å². The van der Waals surface area contributed by atoms with E-state index in [0.29, 0.717) is 17.5 Å². The van der Waals surface area contributed by atoms with Crippen LogP contribution in [0.1, 0.15) is 88.7 Å². The van der Waals surface area contributed by atoms with Crippen molar-refractivity contribution in [2.24, 2.45) is 23.7 Å². The summed E-state index contributed by atoms with van der Waals surface area (Å²) in [6.07, 6.45) is 17.0. The molecule has 0 aromatic heterocycles. The van der Waals surface area contributed by atoms with Gasteiger partial charge in [-0.15, -0.1) is 6.58 Å². The van der Waals surface area contributed by atoms with Crippen LogP contribution < -0.4 is 4.74 Å². The third-order valence-corrected chi connectivity index (χ3v) is 9.07. The number of ether oxygens (including phenoxy) is 1. The summed E-state index contributed by atoms with van der Waals surface area (Å²) in [6.45, 7) is 7.79. The predicted molar refractivity (Wildman–Crippen MR) is 146 cm³/mol. The third-order valence-electron chi connectivity index (χ3n) is 9.07. The Bertz CT molecular complexity index is 1020. The van der Waals surface area contributed by atoms with Gasteiger partial charge in [-0.3, -0.25) is 0 Å². The maximum atomic E-state index is 15.0. The van der Waals surface area contributed by atoms with Gasteiger partial charge >= 0.3 is 0 Å². The Hall–Kier alpha value is -2.23. The van der Waals surface area contributed by atoms with Crippen LogP contribution in [0.2, 0.25) is 0 Å². The Morgan fingerprint density at radius 2 is 1.57 bits per heavy atom. The average Bonchev–Trinajstić information content (AvgIpc) is 2.91. The zero-order valence-corrected chi connectivity index (χ0v) is 22.6. The molecule has 0 unspecified atom stereocenters. The van der Waals surface area contributed by atoms with Gasteiger partial charge in [-0.25, -0.2) is 8.78 Å². The van der Waals surface area contributed by atoms with E-state index in [1.54, 1.807) is 13.0 Å². The molecule has 0 amide bonds. The van der Waals surface area contributed by atoms with Crippen LogP contribution in [0.4, 0.5) is 13.2 Å². The molecule has 202 valence electrons. The molecule has 2 fully saturated rings. The van der Waals surface area contributed by atoms with Crippen LogP contribution >= 0.6 is 0 Å². The van der Waals surface area contributed by atoms with E-state index in [1.807, 2.05) is 6.92 Å². The highest BCUT2D eigenvalue weighted by Gasteiger charge is 2.30. The molecule has 4 heteroatoms. The standard InChI is InChI=1S/C33H43F3O/c1-4-23-10-14-25(15-11-23)26-16-12-24(13-17-26)8-6-7-9-28-22(3)20-27(21-30(28)34)29-18-19-31(37-5-2)33(36)32(29)35/h4,18-21,23-26H,1,5-17H2,2-3H3. The molecule has 2 aromatic rings. The zero-order valence-electron chi connectivity index (χ0n) is 22.6. The molecule has 37 heavy (non-hydrogen) atoms. The lowest BCUT2D eigenvalue weighted by Gasteiger charge is -2.37. The molecule has 0 spiro atoms. The first-order valence-electron chi connectivity index (χ1n) is 14.4. The minimum atomic E-state index is -1.03. The number of halogens is 3. The first kappa shape index (κ1) is 27.8. The average molecular weight is 513 g/mol. The first-order chi connectivity index (χ1) is 17.9. The number of hydrogen-bond acceptors (Lipinski definition) is 1. The normalized spacial score (nSPS) is 24.1. The predicted octanol–water partition coefficient (Wildman–Crippen LogP) is 9.99. The van der Waals surface area contributed by atoms with E-state index < -0.39 is 11.6 Å². The summed E-state index contributed by atoms with van der Waals surface area (Å²) in [4.78, 5) is 0. The first-order valence-corrected chi connectivity index (χ1v) is 14.4. The molecular weight excluding hydrogens is 469 g/mol. The van der Waals surface area contributed by atoms with Gasteiger partial charge in [0.25, 0.3) is 0 Å². The van der Waals surface area contributed by atoms with Crippen LogP contribution in [0.25, 0.3) is 11.1 Å². The van der Waals surface area contributed by atoms with Crippen molar-refractivity contribution in [3.8, 4) is 16.9 Å². The van der Waals surface area contributed by atoms with E-state index in [1.165, 1.54) is 76.0 Å². The van der Waals surface area contributed by atoms with Gasteiger partial charge < -0.3 is 4.74 Å². The van der Waals surface area contributed by atoms with Crippen molar-refractivity contribution in [3.05, 3.63) is 65.5 Å². The Morgan fingerprint density at radius 3 is 2.19 bits per heavy atom. The number of hydrogen-bond donors (Lipinski definition) is 0. The highest BCUT2D eigenvalue weighted by atomic mass is 19.2. The summed E-state index contributed by atoms with van der Waals surface area (Å²) in [5, 5.41) is 0. The zero-order chi connectivity index (χ0) is 26.4. The number of benzene rings is 2. The second kappa shape index (κ2) is 13.0. The van der Waals surface area contributed by atoms with Gasteiger partial charge in [0.1, 0.15) is 5.82 Å². The van der Waals surface area contributed by atoms with Gasteiger partial charge in [-0.1, -0.05) is 37.8 Å². The fourth-order valence-corrected chi connectivity index (χ4v) is 6.80. The van der Waals surface area contributed by atoms with Crippen molar-refractivity contribution < 1.29 is 17.9 Å². The van der Waals surface area contributed by atoms with E-state index >= 15 is 4.39 Å². The summed E-state index contributed by atoms with van der Waals surface area (Å²) >= 11 is 0. The molecule has 0 radical (unpaired) electrons. The summed E-state index contributed by atoms with van der Waals surface area (Å²) in [5.74, 6) is 0.911. The van der Waals surface area contributed by atoms with Crippen LogP contribution in [-0.2, 0) is 6.42 Å². The number of allylic oxidation sites excluding steroid dienone is 1. The smallest absolute Gasteiger partial charge is 0.201 e. The highest BCUT2D eigenvalue weighted by molar-refractivity contribution is 5.67. The van der Waals surface area contributed by atoms with E-state index in [4.69, 9.17) is 4.74 Å². The van der Waals surface area contributed by atoms with Crippen LogP contribution in [0.15, 0.2) is 36.9 Å². The molecule has 4 rings (SSSR count). The van der Waals surface area contributed by atoms with Crippen molar-refractivity contribution in [2.45, 2.75) is 90.9 Å². The molecule has 2 saturated carbocycles. The quantitative estimate of drug-likeness (QED) is 0.227. The van der Waals surface area contributed by atoms with Crippen LogP contribution in [0.5, 0.6) is 5.75 Å². The molecule has 0 N–H and O–H groups in total. The minimum Gasteiger partial charge on any atom is -0.491 e. The van der Waals surface area contributed by atoms with Gasteiger partial charge in [-0.2, -0.15) is 4.39 Å². The molecule has 2 aromatic carbocycles. The van der Waals surface area contributed by atoms with Crippen molar-refractivity contribution in [1.82, 2.24) is 0 Å². The van der Waals surface area contributed by atoms with E-state index in [-0.39, 0.29) is 23.7 Å². The summed E-state index contributed by atoms with van der Waals surface area (Å²) < 4.78 is 49.1. The molecule has 0 atom stereocenters. The maximum absolute atomic E-state index is 15.0. The molecular formula is C33H43F3O. The van der Waals surface area contributed by atoms with Gasteiger partial charge in [-0.05, 0) is 124 Å². The van der Waals surface area contributed by atoms with Gasteiger partial charge in [0.05, 0.1) is 6.61 Å². The summed E-state index contributed by atoms with van der Waals surface area (Å²) in [5.41, 5.74) is 1.89. The number of rotatable bonds is 10. The van der Waals surface area contributed by atoms with Crippen molar-refractivity contribution in [2.75, 3.05) is 6.61 Å². The molecule has 2 aliphatic carbocycles. The lowest BCUT2D eigenvalue weighted by atomic mass is 9.68. The lowest BCUT2D eigenvalue weighted by molar-refractivity contribution is 0.151. The Balaban J connectivity index is 1.25. The monoisotopic (exact) mass is 512 g/mol. The van der Waals surface area contributed by atoms with Gasteiger partial charge in [0, 0.05) is 5.56 Å². The second-order valence-electron chi connectivity index (χ2n) is 11.4. The lowest BCUT2D eigenvalue weighted by Crippen LogP contribution is -2.25. The van der Waals surface area contributed by atoms with Gasteiger partial charge in [0.15, 0.2) is 11.6 Å². The Morgan fingerprint density at radius 1 is 0.892 bits per heavy atom. The van der Waals surface area contributed by atoms with Crippen molar-refractivity contribution >= 4 is 0 Å². The second-order valence-corrected chi connectivity index (χ2v) is 11.4. The molecule has 0 heterocycles. The Labute approximate surface area is 221 Å². The highest BCUT2D eigenvalue weighted by Crippen LogP contribution is 2.42. The topological polar surface area (TPSA) is 9.23 Å². The third kappa shape index (κ3) is 6.81. The van der Waals surface area contributed by atoms with E-state index in [9.17, 15) is 8.78 Å². The molecule has 2 aliphatic rings. The summed E-state index contributed by atoms with van der Waals surface area (Å²) in [7, 11) is 0. The molecule has 0 saturated heterocycles. The molecule has 0 bridgehead atoms. The minimum absolute atomic E-state index is 0.0545. The Kier molecular flexibility index (Phi) is 9.78. The largest absolute Gasteiger partial charge is 0.491 e. The molecule has 0 aliphatic heterocycles. The van der Waals surface area contributed by atoms with E-state index in [0.717, 1.165) is 42.1 Å². The number of unbranched alkanes of at least 4 members (excludes halogenated alkanes) is 1. The molecule has 1 nitrogen and oxygen atoms in total. The SMILES string of the molecule is C=CC1CCC(C2CCC(CCCCc3c(C)cc(-c4ccc(OCC)c(F)c4F)cc3F)CC2)CC1. The fourth-order valence-electron chi connectivity index (χ4n) is 6.80. The number of aryl methyl sites for hydroxylation is 1. The van der Waals surface area contributed by atoms with Crippen molar-refractivity contribution in [3.63, 3.8) is 0 Å². The fraction of sp³-hybridized carbons (Fsp3) is 0.576. The summed E-state index contributed by atoms with van der Waals surface area (Å²) in [6, 6.07) is 5.96. The van der Waals surface area contributed by atoms with Crippen LogP contribution in [0.3, 0.4) is 0 Å². The maximum Gasteiger partial charge on any atom is 0.201 e.